The van der Waals surface area contributed by atoms with Crippen molar-refractivity contribution in [2.75, 3.05) is 0 Å². The summed E-state index contributed by atoms with van der Waals surface area (Å²) in [6.45, 7) is 10.7. The lowest BCUT2D eigenvalue weighted by Crippen LogP contribution is -2.02. The van der Waals surface area contributed by atoms with Gasteiger partial charge in [0.25, 0.3) is 0 Å². The number of hydrogen-bond donors (Lipinski definition) is 1. The summed E-state index contributed by atoms with van der Waals surface area (Å²) in [6.07, 6.45) is 6.61. The van der Waals surface area contributed by atoms with E-state index in [0.717, 1.165) is 23.0 Å². The van der Waals surface area contributed by atoms with E-state index in [1.807, 2.05) is 12.1 Å². The van der Waals surface area contributed by atoms with E-state index in [1.165, 1.54) is 0 Å². The van der Waals surface area contributed by atoms with Gasteiger partial charge in [0.2, 0.25) is 0 Å². The monoisotopic (exact) mass is 272 g/mol. The number of carbonyl (C=O) groups excluding carboxylic acids is 1. The van der Waals surface area contributed by atoms with Crippen molar-refractivity contribution in [3.63, 3.8) is 0 Å². The average molecular weight is 272 g/mol. The van der Waals surface area contributed by atoms with Crippen LogP contribution < -0.4 is 0 Å². The van der Waals surface area contributed by atoms with E-state index in [-0.39, 0.29) is 18.1 Å². The number of ether oxygens (including phenoxy) is 1. The molecule has 1 aromatic rings. The highest BCUT2D eigenvalue weighted by molar-refractivity contribution is 5.70. The van der Waals surface area contributed by atoms with Crippen molar-refractivity contribution in [2.24, 2.45) is 0 Å². The number of benzene rings is 1. The Bertz CT molecular complexity index is 484. The first-order chi connectivity index (χ1) is 9.62. The molecule has 0 radical (unpaired) electrons. The van der Waals surface area contributed by atoms with Crippen molar-refractivity contribution >= 4 is 5.97 Å². The lowest BCUT2D eigenvalue weighted by Gasteiger charge is -2.11. The van der Waals surface area contributed by atoms with Crippen LogP contribution in [-0.2, 0) is 28.8 Å². The number of hydrogen-bond acceptors (Lipinski definition) is 3. The third kappa shape index (κ3) is 4.43. The summed E-state index contributed by atoms with van der Waals surface area (Å²) in [5, 5.41) is 10.1. The second-order valence-corrected chi connectivity index (χ2v) is 4.40. The average Bonchev–Trinajstić information content (AvgIpc) is 2.42. The Kier molecular flexibility index (Phi) is 6.30. The van der Waals surface area contributed by atoms with E-state index in [4.69, 9.17) is 0 Å². The molecule has 0 amide bonds. The van der Waals surface area contributed by atoms with Crippen LogP contribution in [0.3, 0.4) is 0 Å². The molecule has 1 aromatic carbocycles. The van der Waals surface area contributed by atoms with Crippen LogP contribution in [0.15, 0.2) is 50.3 Å². The first-order valence-electron chi connectivity index (χ1n) is 6.48. The van der Waals surface area contributed by atoms with Gasteiger partial charge < -0.3 is 9.84 Å². The van der Waals surface area contributed by atoms with Crippen molar-refractivity contribution in [1.82, 2.24) is 0 Å². The first-order valence-corrected chi connectivity index (χ1v) is 6.48. The smallest absolute Gasteiger partial charge is 0.310 e. The highest BCUT2D eigenvalue weighted by Gasteiger charge is 2.10. The molecule has 3 nitrogen and oxygen atoms in total. The van der Waals surface area contributed by atoms with E-state index in [9.17, 15) is 9.90 Å². The SMILES string of the molecule is C=CCc1cc(CCC(=O)OC=C)cc(CC=C)c1O. The molecule has 0 bridgehead atoms. The van der Waals surface area contributed by atoms with Gasteiger partial charge in [0.05, 0.1) is 6.26 Å². The number of carbonyl (C=O) groups is 1. The van der Waals surface area contributed by atoms with Gasteiger partial charge in [-0.1, -0.05) is 30.9 Å². The van der Waals surface area contributed by atoms with Gasteiger partial charge in [-0.15, -0.1) is 13.2 Å². The zero-order valence-corrected chi connectivity index (χ0v) is 11.6. The second kappa shape index (κ2) is 8.00. The largest absolute Gasteiger partial charge is 0.507 e. The van der Waals surface area contributed by atoms with Crippen molar-refractivity contribution in [3.05, 3.63) is 67.0 Å². The van der Waals surface area contributed by atoms with E-state index >= 15 is 0 Å². The molecule has 0 aliphatic heterocycles. The van der Waals surface area contributed by atoms with Gasteiger partial charge in [0.15, 0.2) is 0 Å². The number of rotatable bonds is 8. The highest BCUT2D eigenvalue weighted by Crippen LogP contribution is 2.27. The minimum Gasteiger partial charge on any atom is -0.507 e. The van der Waals surface area contributed by atoms with Crippen LogP contribution in [0.25, 0.3) is 0 Å². The molecule has 106 valence electrons. The first kappa shape index (κ1) is 15.8. The summed E-state index contributed by atoms with van der Waals surface area (Å²) in [5.41, 5.74) is 2.61. The highest BCUT2D eigenvalue weighted by atomic mass is 16.5. The van der Waals surface area contributed by atoms with Gasteiger partial charge >= 0.3 is 5.97 Å². The lowest BCUT2D eigenvalue weighted by atomic mass is 9.97. The Morgan fingerprint density at radius 1 is 1.15 bits per heavy atom. The predicted molar refractivity (Wildman–Crippen MR) is 80.5 cm³/mol. The van der Waals surface area contributed by atoms with E-state index in [2.05, 4.69) is 24.5 Å². The topological polar surface area (TPSA) is 46.5 Å². The lowest BCUT2D eigenvalue weighted by molar-refractivity contribution is -0.137. The molecule has 0 aliphatic rings. The Morgan fingerprint density at radius 3 is 2.15 bits per heavy atom. The normalized spacial score (nSPS) is 9.80. The molecule has 0 spiro atoms. The molecule has 0 unspecified atom stereocenters. The van der Waals surface area contributed by atoms with Crippen LogP contribution in [0, 0.1) is 0 Å². The number of phenols is 1. The minimum atomic E-state index is -0.316. The fourth-order valence-electron chi connectivity index (χ4n) is 2.00. The maximum Gasteiger partial charge on any atom is 0.310 e. The summed E-state index contributed by atoms with van der Waals surface area (Å²) in [6, 6.07) is 3.79. The third-order valence-corrected chi connectivity index (χ3v) is 2.89. The maximum absolute atomic E-state index is 11.3. The Balaban J connectivity index is 2.94. The molecule has 0 saturated heterocycles. The predicted octanol–water partition coefficient (Wildman–Crippen LogP) is 3.47. The number of esters is 1. The molecule has 0 saturated carbocycles. The van der Waals surface area contributed by atoms with Gasteiger partial charge in [0.1, 0.15) is 5.75 Å². The van der Waals surface area contributed by atoms with Gasteiger partial charge in [-0.05, 0) is 36.0 Å². The minimum absolute atomic E-state index is 0.276. The van der Waals surface area contributed by atoms with Crippen LogP contribution in [0.2, 0.25) is 0 Å². The quantitative estimate of drug-likeness (QED) is 0.448. The molecule has 0 heterocycles. The fraction of sp³-hybridized carbons (Fsp3) is 0.235. The zero-order chi connectivity index (χ0) is 15.0. The Morgan fingerprint density at radius 2 is 1.70 bits per heavy atom. The molecule has 0 aromatic heterocycles. The van der Waals surface area contributed by atoms with E-state index in [1.54, 1.807) is 12.2 Å². The molecule has 0 fully saturated rings. The standard InChI is InChI=1S/C17H20O3/c1-4-7-14-11-13(9-10-16(18)20-6-3)12-15(8-5-2)17(14)19/h4-6,11-12,19H,1-3,7-10H2. The zero-order valence-electron chi connectivity index (χ0n) is 11.6. The second-order valence-electron chi connectivity index (χ2n) is 4.40. The number of aromatic hydroxyl groups is 1. The fourth-order valence-corrected chi connectivity index (χ4v) is 2.00. The van der Waals surface area contributed by atoms with E-state index in [0.29, 0.717) is 19.3 Å². The van der Waals surface area contributed by atoms with Crippen LogP contribution >= 0.6 is 0 Å². The number of aryl methyl sites for hydroxylation is 1. The Hall–Kier alpha value is -2.29. The molecular formula is C17H20O3. The Labute approximate surface area is 119 Å². The van der Waals surface area contributed by atoms with Crippen LogP contribution in [0.4, 0.5) is 0 Å². The van der Waals surface area contributed by atoms with Crippen LogP contribution in [0.5, 0.6) is 5.75 Å². The van der Waals surface area contributed by atoms with Gasteiger partial charge in [0, 0.05) is 6.42 Å². The molecule has 1 rings (SSSR count). The summed E-state index contributed by atoms with van der Waals surface area (Å²) in [4.78, 5) is 11.3. The third-order valence-electron chi connectivity index (χ3n) is 2.89. The number of phenolic OH excluding ortho intramolecular Hbond substituents is 1. The molecule has 0 atom stereocenters. The van der Waals surface area contributed by atoms with Crippen LogP contribution in [0.1, 0.15) is 23.1 Å². The van der Waals surface area contributed by atoms with Crippen molar-refractivity contribution < 1.29 is 14.6 Å². The van der Waals surface area contributed by atoms with Crippen LogP contribution in [-0.4, -0.2) is 11.1 Å². The molecule has 3 heteroatoms. The summed E-state index contributed by atoms with van der Waals surface area (Å²) in [7, 11) is 0. The molecule has 1 N–H and O–H groups in total. The molecule has 0 aliphatic carbocycles. The van der Waals surface area contributed by atoms with E-state index < -0.39 is 0 Å². The van der Waals surface area contributed by atoms with Crippen molar-refractivity contribution in [2.45, 2.75) is 25.7 Å². The molecular weight excluding hydrogens is 252 g/mol. The maximum atomic E-state index is 11.3. The van der Waals surface area contributed by atoms with Crippen molar-refractivity contribution in [1.29, 1.82) is 0 Å². The molecule has 20 heavy (non-hydrogen) atoms. The van der Waals surface area contributed by atoms with Gasteiger partial charge in [-0.2, -0.15) is 0 Å². The van der Waals surface area contributed by atoms with Gasteiger partial charge in [-0.25, -0.2) is 0 Å². The van der Waals surface area contributed by atoms with Crippen molar-refractivity contribution in [3.8, 4) is 5.75 Å². The summed E-state index contributed by atoms with van der Waals surface area (Å²) in [5.74, 6) is -0.0363. The van der Waals surface area contributed by atoms with Gasteiger partial charge in [-0.3, -0.25) is 4.79 Å². The number of allylic oxidation sites excluding steroid dienone is 2. The summed E-state index contributed by atoms with van der Waals surface area (Å²) >= 11 is 0. The summed E-state index contributed by atoms with van der Waals surface area (Å²) < 4.78 is 4.69.